The second kappa shape index (κ2) is 23.6. The van der Waals surface area contributed by atoms with Gasteiger partial charge in [0.05, 0.1) is 0 Å². The fourth-order valence-corrected chi connectivity index (χ4v) is 0. The monoisotopic (exact) mass is 147 g/mol. The maximum Gasteiger partial charge on any atom is 0 e. The van der Waals surface area contributed by atoms with Crippen molar-refractivity contribution in [2.75, 3.05) is 0 Å². The van der Waals surface area contributed by atoms with E-state index in [0.29, 0.717) is 0 Å². The van der Waals surface area contributed by atoms with Gasteiger partial charge >= 0.3 is 0 Å². The van der Waals surface area contributed by atoms with Crippen LogP contribution < -0.4 is 0 Å². The van der Waals surface area contributed by atoms with E-state index in [-0.39, 0.29) is 135 Å². The van der Waals surface area contributed by atoms with Crippen molar-refractivity contribution in [2.45, 2.75) is 0 Å². The van der Waals surface area contributed by atoms with Crippen LogP contribution in [0.3, 0.4) is 0 Å². The van der Waals surface area contributed by atoms with Gasteiger partial charge in [-0.15, -0.1) is 0 Å². The number of rotatable bonds is 0. The zero-order valence-electron chi connectivity index (χ0n) is 4.38. The minimum absolute atomic E-state index is 0. The van der Waals surface area contributed by atoms with Gasteiger partial charge in [-0.25, -0.2) is 0 Å². The molecule has 0 fully saturated rings. The Hall–Kier alpha value is 4.52. The average Bonchev–Trinajstić information content (AvgIpc) is 0. The van der Waals surface area contributed by atoms with Gasteiger partial charge in [-0.2, -0.15) is 0 Å². The van der Waals surface area contributed by atoms with E-state index in [2.05, 4.69) is 0 Å². The first kappa shape index (κ1) is 33.8. The smallest absolute Gasteiger partial charge is 0 e. The molecule has 0 spiro atoms. The molecule has 0 aromatic carbocycles. The maximum atomic E-state index is 0. The first-order chi connectivity index (χ1) is 0. The van der Waals surface area contributed by atoms with Crippen LogP contribution in [0.5, 0.6) is 0 Å². The van der Waals surface area contributed by atoms with Gasteiger partial charge in [0.2, 0.25) is 0 Å². The molecule has 0 unspecified atom stereocenters. The summed E-state index contributed by atoms with van der Waals surface area (Å²) < 4.78 is 0. The summed E-state index contributed by atoms with van der Waals surface area (Å²) in [5.41, 5.74) is 0. The zero-order chi connectivity index (χ0) is 0. The van der Waals surface area contributed by atoms with Crippen LogP contribution in [0.2, 0.25) is 0 Å². The summed E-state index contributed by atoms with van der Waals surface area (Å²) in [5, 5.41) is 0. The molecule has 5 heavy (non-hydrogen) atoms. The quantitative estimate of drug-likeness (QED) is 0.365. The van der Waals surface area contributed by atoms with Crippen molar-refractivity contribution in [3.05, 3.63) is 0 Å². The van der Waals surface area contributed by atoms with Crippen molar-refractivity contribution in [1.29, 1.82) is 0 Å². The Kier molecular flexibility index (Phi) is 160. The third-order valence-electron chi connectivity index (χ3n) is 0. The molecule has 0 aromatic rings. The van der Waals surface area contributed by atoms with E-state index in [4.69, 9.17) is 0 Å². The Morgan fingerprint density at radius 3 is 0.400 bits per heavy atom. The van der Waals surface area contributed by atoms with Crippen LogP contribution in [0, 0.1) is 0 Å². The Morgan fingerprint density at radius 2 is 0.400 bits per heavy atom. The predicted octanol–water partition coefficient (Wildman–Crippen LogP) is -1.53. The molecule has 11 valence electrons. The predicted molar refractivity (Wildman–Crippen MR) is 23.0 cm³/mol. The van der Waals surface area contributed by atoms with E-state index in [1.807, 2.05) is 0 Å². The Morgan fingerprint density at radius 1 is 0.400 bits per heavy atom. The van der Waals surface area contributed by atoms with Crippen molar-refractivity contribution in [2.24, 2.45) is 0 Å². The van der Waals surface area contributed by atoms with Crippen molar-refractivity contribution in [3.8, 4) is 0 Å². The summed E-state index contributed by atoms with van der Waals surface area (Å²) in [5.74, 6) is 0. The Balaban J connectivity index is 0. The molecule has 0 aromatic heterocycles. The van der Waals surface area contributed by atoms with Crippen molar-refractivity contribution < 1.29 is 17.1 Å². The molecule has 0 bridgehead atoms. The van der Waals surface area contributed by atoms with E-state index in [1.165, 1.54) is 0 Å². The molecule has 0 saturated carbocycles. The van der Waals surface area contributed by atoms with Gasteiger partial charge < -0.3 is 0 Å². The van der Waals surface area contributed by atoms with Gasteiger partial charge in [0.25, 0.3) is 0 Å². The van der Waals surface area contributed by atoms with Crippen molar-refractivity contribution >= 4 is 118 Å². The minimum atomic E-state index is 0. The van der Waals surface area contributed by atoms with E-state index < -0.39 is 0 Å². The molecular weight excluding hydrogens is 147 g/mol. The largest absolute Gasteiger partial charge is 0 e. The molecule has 0 nitrogen and oxygen atoms in total. The van der Waals surface area contributed by atoms with E-state index in [0.717, 1.165) is 0 Å². The number of hydrogen-bond donors (Lipinski definition) is 0. The summed E-state index contributed by atoms with van der Waals surface area (Å²) in [6.07, 6.45) is 0. The van der Waals surface area contributed by atoms with Crippen LogP contribution in [0.1, 0.15) is 0 Å². The van der Waals surface area contributed by atoms with E-state index >= 15 is 0 Å². The van der Waals surface area contributed by atoms with Gasteiger partial charge in [-0.1, -0.05) is 0 Å². The van der Waals surface area contributed by atoms with Crippen molar-refractivity contribution in [1.82, 2.24) is 0 Å². The molecule has 0 heterocycles. The van der Waals surface area contributed by atoms with E-state index in [9.17, 15) is 0 Å². The van der Waals surface area contributed by atoms with Crippen LogP contribution >= 0.6 is 0 Å². The van der Waals surface area contributed by atoms with Gasteiger partial charge in [-0.3, -0.25) is 0 Å². The maximum absolute atomic E-state index is 0. The second-order valence-electron chi connectivity index (χ2n) is 0. The van der Waals surface area contributed by atoms with Gasteiger partial charge in [0, 0.05) is 135 Å². The molecule has 0 N–H and O–H groups in total. The molecule has 0 aliphatic rings. The fourth-order valence-electron chi connectivity index (χ4n) is 0. The minimum Gasteiger partial charge on any atom is 0 e. The molecular formula is MnNa4. The topological polar surface area (TPSA) is 0 Å². The molecule has 5 radical (unpaired) electrons. The molecule has 0 aliphatic heterocycles. The molecule has 0 atom stereocenters. The van der Waals surface area contributed by atoms with Gasteiger partial charge in [-0.05, 0) is 0 Å². The summed E-state index contributed by atoms with van der Waals surface area (Å²) in [7, 11) is 0. The molecule has 0 rings (SSSR count). The SMILES string of the molecule is [Mn].[Na].[Na].[Na].[Na]. The zero-order valence-corrected chi connectivity index (χ0v) is 13.6. The first-order valence-corrected chi connectivity index (χ1v) is 0. The van der Waals surface area contributed by atoms with Crippen LogP contribution in [0.25, 0.3) is 0 Å². The third-order valence-corrected chi connectivity index (χ3v) is 0. The van der Waals surface area contributed by atoms with Crippen LogP contribution in [0.15, 0.2) is 0 Å². The second-order valence-corrected chi connectivity index (χ2v) is 0. The Labute approximate surface area is 132 Å². The average molecular weight is 147 g/mol. The van der Waals surface area contributed by atoms with Crippen LogP contribution in [-0.4, -0.2) is 118 Å². The van der Waals surface area contributed by atoms with Crippen LogP contribution in [0.4, 0.5) is 0 Å². The summed E-state index contributed by atoms with van der Waals surface area (Å²) in [6.45, 7) is 0. The molecule has 0 amide bonds. The first-order valence-electron chi connectivity index (χ1n) is 0. The van der Waals surface area contributed by atoms with Crippen LogP contribution in [-0.2, 0) is 17.1 Å². The van der Waals surface area contributed by atoms with E-state index in [1.54, 1.807) is 0 Å². The summed E-state index contributed by atoms with van der Waals surface area (Å²) >= 11 is 0. The fraction of sp³-hybridized carbons (Fsp3) is 0. The third kappa shape index (κ3) is 17.7. The summed E-state index contributed by atoms with van der Waals surface area (Å²) in [4.78, 5) is 0. The van der Waals surface area contributed by atoms with Gasteiger partial charge in [0.15, 0.2) is 0 Å². The molecule has 0 saturated heterocycles. The standard InChI is InChI=1S/Mn.4Na. The number of hydrogen-bond acceptors (Lipinski definition) is 0. The van der Waals surface area contributed by atoms with Gasteiger partial charge in [0.1, 0.15) is 0 Å². The van der Waals surface area contributed by atoms with Crippen molar-refractivity contribution in [3.63, 3.8) is 0 Å². The summed E-state index contributed by atoms with van der Waals surface area (Å²) in [6, 6.07) is 0. The normalized spacial score (nSPS) is 0. The Bertz CT molecular complexity index is 3.61. The molecule has 0 aliphatic carbocycles. The molecule has 5 heteroatoms.